The lowest BCUT2D eigenvalue weighted by Crippen LogP contribution is -2.49. The molecule has 2 heterocycles. The Bertz CT molecular complexity index is 161. The molecule has 3 fully saturated rings. The smallest absolute Gasteiger partial charge is 0.108 e. The summed E-state index contributed by atoms with van der Waals surface area (Å²) in [6.07, 6.45) is 3.06. The second-order valence-electron chi connectivity index (χ2n) is 4.46. The summed E-state index contributed by atoms with van der Waals surface area (Å²) >= 11 is 0. The SMILES string of the molecule is CC(C)N1C2CC(COC1C)C2. The molecule has 0 aromatic heterocycles. The summed E-state index contributed by atoms with van der Waals surface area (Å²) in [5.41, 5.74) is 0. The first-order valence-electron chi connectivity index (χ1n) is 5.07. The van der Waals surface area contributed by atoms with Gasteiger partial charge in [-0.05, 0) is 39.5 Å². The Hall–Kier alpha value is -0.0800. The molecule has 2 heteroatoms. The molecule has 1 atom stereocenters. The third kappa shape index (κ3) is 1.27. The van der Waals surface area contributed by atoms with Crippen LogP contribution in [0.15, 0.2) is 0 Å². The topological polar surface area (TPSA) is 12.5 Å². The lowest BCUT2D eigenvalue weighted by molar-refractivity contribution is -0.0532. The molecule has 0 N–H and O–H groups in total. The van der Waals surface area contributed by atoms with E-state index in [9.17, 15) is 0 Å². The van der Waals surface area contributed by atoms with E-state index < -0.39 is 0 Å². The van der Waals surface area contributed by atoms with Gasteiger partial charge in [-0.15, -0.1) is 0 Å². The molecule has 3 rings (SSSR count). The highest BCUT2D eigenvalue weighted by Gasteiger charge is 2.40. The van der Waals surface area contributed by atoms with E-state index in [1.54, 1.807) is 0 Å². The molecule has 0 amide bonds. The van der Waals surface area contributed by atoms with E-state index in [4.69, 9.17) is 4.74 Å². The van der Waals surface area contributed by atoms with Crippen molar-refractivity contribution in [1.82, 2.24) is 4.90 Å². The van der Waals surface area contributed by atoms with Gasteiger partial charge in [0.05, 0.1) is 6.61 Å². The molecule has 2 bridgehead atoms. The van der Waals surface area contributed by atoms with Gasteiger partial charge < -0.3 is 4.74 Å². The number of rotatable bonds is 1. The van der Waals surface area contributed by atoms with E-state index in [1.807, 2.05) is 0 Å². The normalized spacial score (nSPS) is 42.5. The summed E-state index contributed by atoms with van der Waals surface area (Å²) in [6, 6.07) is 1.44. The van der Waals surface area contributed by atoms with Gasteiger partial charge in [0.25, 0.3) is 0 Å². The van der Waals surface area contributed by atoms with Gasteiger partial charge in [0.1, 0.15) is 6.23 Å². The summed E-state index contributed by atoms with van der Waals surface area (Å²) in [6.45, 7) is 7.69. The fourth-order valence-electron chi connectivity index (χ4n) is 2.58. The van der Waals surface area contributed by atoms with Crippen LogP contribution in [0, 0.1) is 5.92 Å². The van der Waals surface area contributed by atoms with Gasteiger partial charge in [0.2, 0.25) is 0 Å². The van der Waals surface area contributed by atoms with Crippen LogP contribution in [0.4, 0.5) is 0 Å². The summed E-state index contributed by atoms with van der Waals surface area (Å²) < 4.78 is 5.76. The second kappa shape index (κ2) is 3.00. The van der Waals surface area contributed by atoms with E-state index in [2.05, 4.69) is 25.7 Å². The van der Waals surface area contributed by atoms with Crippen LogP contribution in [-0.4, -0.2) is 29.8 Å². The van der Waals surface area contributed by atoms with Crippen molar-refractivity contribution in [1.29, 1.82) is 0 Å². The van der Waals surface area contributed by atoms with Crippen molar-refractivity contribution in [3.05, 3.63) is 0 Å². The van der Waals surface area contributed by atoms with Crippen molar-refractivity contribution in [2.75, 3.05) is 6.61 Å². The fourth-order valence-corrected chi connectivity index (χ4v) is 2.58. The molecule has 0 aromatic carbocycles. The zero-order valence-electron chi connectivity index (χ0n) is 8.29. The van der Waals surface area contributed by atoms with E-state index in [1.165, 1.54) is 12.8 Å². The lowest BCUT2D eigenvalue weighted by Gasteiger charge is -2.42. The summed E-state index contributed by atoms with van der Waals surface area (Å²) in [5, 5.41) is 0. The van der Waals surface area contributed by atoms with Gasteiger partial charge in [0.15, 0.2) is 0 Å². The van der Waals surface area contributed by atoms with E-state index in [0.717, 1.165) is 18.6 Å². The van der Waals surface area contributed by atoms with Crippen LogP contribution in [0.25, 0.3) is 0 Å². The minimum absolute atomic E-state index is 0.336. The van der Waals surface area contributed by atoms with Crippen molar-refractivity contribution in [2.45, 2.75) is 51.9 Å². The molecule has 3 aliphatic rings. The number of hydrogen-bond acceptors (Lipinski definition) is 2. The quantitative estimate of drug-likeness (QED) is 0.594. The van der Waals surface area contributed by atoms with Gasteiger partial charge in [-0.25, -0.2) is 0 Å². The van der Waals surface area contributed by atoms with Crippen LogP contribution in [-0.2, 0) is 4.74 Å². The van der Waals surface area contributed by atoms with Crippen molar-refractivity contribution in [2.24, 2.45) is 5.92 Å². The van der Waals surface area contributed by atoms with Gasteiger partial charge in [-0.1, -0.05) is 0 Å². The Morgan fingerprint density at radius 1 is 1.33 bits per heavy atom. The molecule has 0 radical (unpaired) electrons. The number of hydrogen-bond donors (Lipinski definition) is 0. The minimum Gasteiger partial charge on any atom is -0.363 e. The first kappa shape index (κ1) is 8.52. The highest BCUT2D eigenvalue weighted by atomic mass is 16.5. The Morgan fingerprint density at radius 2 is 2.00 bits per heavy atom. The molecule has 1 unspecified atom stereocenters. The highest BCUT2D eigenvalue weighted by molar-refractivity contribution is 4.91. The molecule has 0 spiro atoms. The van der Waals surface area contributed by atoms with Gasteiger partial charge >= 0.3 is 0 Å². The zero-order chi connectivity index (χ0) is 8.72. The van der Waals surface area contributed by atoms with Crippen LogP contribution >= 0.6 is 0 Å². The number of nitrogens with zero attached hydrogens (tertiary/aromatic N) is 1. The molecule has 1 saturated carbocycles. The van der Waals surface area contributed by atoms with Crippen LogP contribution in [0.1, 0.15) is 33.6 Å². The van der Waals surface area contributed by atoms with Gasteiger partial charge in [-0.3, -0.25) is 4.90 Å². The van der Waals surface area contributed by atoms with Crippen LogP contribution in [0.2, 0.25) is 0 Å². The van der Waals surface area contributed by atoms with Crippen LogP contribution in [0.3, 0.4) is 0 Å². The Balaban J connectivity index is 2.07. The highest BCUT2D eigenvalue weighted by Crippen LogP contribution is 2.37. The van der Waals surface area contributed by atoms with Crippen molar-refractivity contribution < 1.29 is 4.74 Å². The standard InChI is InChI=1S/C10H19NO/c1-7(2)11-8(3)12-6-9-4-10(11)5-9/h7-10H,4-6H2,1-3H3. The molecular formula is C10H19NO. The molecule has 1 aliphatic carbocycles. The van der Waals surface area contributed by atoms with Crippen LogP contribution < -0.4 is 0 Å². The van der Waals surface area contributed by atoms with E-state index in [0.29, 0.717) is 12.3 Å². The second-order valence-corrected chi connectivity index (χ2v) is 4.46. The summed E-state index contributed by atoms with van der Waals surface area (Å²) in [7, 11) is 0. The average Bonchev–Trinajstić information content (AvgIpc) is 2.13. The van der Waals surface area contributed by atoms with Crippen LogP contribution in [0.5, 0.6) is 0 Å². The predicted octanol–water partition coefficient (Wildman–Crippen LogP) is 1.85. The van der Waals surface area contributed by atoms with Gasteiger partial charge in [0, 0.05) is 12.1 Å². The number of fused-ring (bicyclic) bond motifs is 3. The van der Waals surface area contributed by atoms with E-state index >= 15 is 0 Å². The largest absolute Gasteiger partial charge is 0.363 e. The fraction of sp³-hybridized carbons (Fsp3) is 1.00. The maximum Gasteiger partial charge on any atom is 0.108 e. The number of ether oxygens (including phenoxy) is 1. The third-order valence-electron chi connectivity index (χ3n) is 3.22. The Labute approximate surface area is 74.9 Å². The molecule has 2 saturated heterocycles. The Kier molecular flexibility index (Phi) is 2.13. The zero-order valence-corrected chi connectivity index (χ0v) is 8.29. The predicted molar refractivity (Wildman–Crippen MR) is 48.9 cm³/mol. The monoisotopic (exact) mass is 169 g/mol. The summed E-state index contributed by atoms with van der Waals surface area (Å²) in [4.78, 5) is 2.52. The average molecular weight is 169 g/mol. The first-order chi connectivity index (χ1) is 5.68. The maximum atomic E-state index is 5.76. The summed E-state index contributed by atoms with van der Waals surface area (Å²) in [5.74, 6) is 0.862. The van der Waals surface area contributed by atoms with Crippen molar-refractivity contribution >= 4 is 0 Å². The molecular weight excluding hydrogens is 150 g/mol. The molecule has 12 heavy (non-hydrogen) atoms. The van der Waals surface area contributed by atoms with Gasteiger partial charge in [-0.2, -0.15) is 0 Å². The first-order valence-corrected chi connectivity index (χ1v) is 5.07. The molecule has 70 valence electrons. The third-order valence-corrected chi connectivity index (χ3v) is 3.22. The molecule has 2 aliphatic heterocycles. The molecule has 0 aromatic rings. The molecule has 2 nitrogen and oxygen atoms in total. The lowest BCUT2D eigenvalue weighted by atomic mass is 9.80. The Morgan fingerprint density at radius 3 is 2.58 bits per heavy atom. The van der Waals surface area contributed by atoms with E-state index in [-0.39, 0.29) is 0 Å². The minimum atomic E-state index is 0.336. The maximum absolute atomic E-state index is 5.76. The van der Waals surface area contributed by atoms with Crippen molar-refractivity contribution in [3.63, 3.8) is 0 Å². The van der Waals surface area contributed by atoms with Crippen molar-refractivity contribution in [3.8, 4) is 0 Å².